The van der Waals surface area contributed by atoms with Gasteiger partial charge in [0.2, 0.25) is 5.91 Å². The Bertz CT molecular complexity index is 500. The number of anilines is 1. The van der Waals surface area contributed by atoms with Crippen LogP contribution < -0.4 is 4.90 Å². The Hall–Kier alpha value is -1.63. The van der Waals surface area contributed by atoms with Gasteiger partial charge in [0.05, 0.1) is 13.2 Å². The van der Waals surface area contributed by atoms with Crippen LogP contribution in [0.2, 0.25) is 0 Å². The number of hydrogen-bond acceptors (Lipinski definition) is 6. The molecule has 1 aliphatic rings. The topological polar surface area (TPSA) is 62.7 Å². The summed E-state index contributed by atoms with van der Waals surface area (Å²) in [6.45, 7) is 5.65. The molecule has 1 aromatic heterocycles. The minimum atomic E-state index is -0.400. The number of nitrogens with zero attached hydrogens (tertiary/aromatic N) is 3. The zero-order chi connectivity index (χ0) is 14.0. The third-order valence-corrected chi connectivity index (χ3v) is 4.01. The smallest absolute Gasteiger partial charge is 0.358 e. The van der Waals surface area contributed by atoms with Gasteiger partial charge in [-0.2, -0.15) is 0 Å². The standard InChI is InChI=1S/C12H17N3O3S/c1-4-18-11(17)10-8(2)19-12(13-10)15-6-5-14(3)9(16)7-15/h4-7H2,1-3H3. The molecule has 1 saturated heterocycles. The van der Waals surface area contributed by atoms with E-state index in [9.17, 15) is 9.59 Å². The second-order valence-corrected chi connectivity index (χ2v) is 5.54. The number of hydrogen-bond donors (Lipinski definition) is 0. The molecule has 19 heavy (non-hydrogen) atoms. The van der Waals surface area contributed by atoms with Gasteiger partial charge in [0.15, 0.2) is 10.8 Å². The first-order valence-corrected chi connectivity index (χ1v) is 6.98. The number of aromatic nitrogens is 1. The Labute approximate surface area is 116 Å². The van der Waals surface area contributed by atoms with Crippen LogP contribution >= 0.6 is 11.3 Å². The molecule has 0 unspecified atom stereocenters. The zero-order valence-electron chi connectivity index (χ0n) is 11.3. The van der Waals surface area contributed by atoms with Gasteiger partial charge in [-0.3, -0.25) is 4.79 Å². The number of thiazole rings is 1. The van der Waals surface area contributed by atoms with Gasteiger partial charge in [0.25, 0.3) is 0 Å². The lowest BCUT2D eigenvalue weighted by atomic mass is 10.3. The number of piperazine rings is 1. The first kappa shape index (κ1) is 13.8. The molecule has 0 spiro atoms. The molecule has 0 bridgehead atoms. The fourth-order valence-corrected chi connectivity index (χ4v) is 2.75. The van der Waals surface area contributed by atoms with E-state index in [0.717, 1.165) is 11.4 Å². The van der Waals surface area contributed by atoms with Crippen molar-refractivity contribution in [3.05, 3.63) is 10.6 Å². The molecule has 7 heteroatoms. The SMILES string of the molecule is CCOC(=O)c1nc(N2CCN(C)C(=O)C2)sc1C. The number of aryl methyl sites for hydroxylation is 1. The van der Waals surface area contributed by atoms with Gasteiger partial charge in [-0.15, -0.1) is 11.3 Å². The average Bonchev–Trinajstić information content (AvgIpc) is 2.75. The Balaban J connectivity index is 2.16. The summed E-state index contributed by atoms with van der Waals surface area (Å²) in [5, 5.41) is 0.710. The number of amides is 1. The van der Waals surface area contributed by atoms with Gasteiger partial charge in [0.1, 0.15) is 0 Å². The summed E-state index contributed by atoms with van der Waals surface area (Å²) >= 11 is 1.42. The fraction of sp³-hybridized carbons (Fsp3) is 0.583. The summed E-state index contributed by atoms with van der Waals surface area (Å²) in [4.78, 5) is 32.1. The second-order valence-electron chi connectivity index (χ2n) is 4.36. The van der Waals surface area contributed by atoms with E-state index in [1.807, 2.05) is 11.8 Å². The molecular weight excluding hydrogens is 266 g/mol. The highest BCUT2D eigenvalue weighted by molar-refractivity contribution is 7.15. The molecule has 1 fully saturated rings. The maximum absolute atomic E-state index is 11.7. The zero-order valence-corrected chi connectivity index (χ0v) is 12.1. The van der Waals surface area contributed by atoms with Gasteiger partial charge in [-0.25, -0.2) is 9.78 Å². The molecule has 104 valence electrons. The van der Waals surface area contributed by atoms with Crippen molar-refractivity contribution < 1.29 is 14.3 Å². The summed E-state index contributed by atoms with van der Waals surface area (Å²) in [5.74, 6) is -0.334. The molecule has 0 aliphatic carbocycles. The van der Waals surface area contributed by atoms with Crippen LogP contribution in [-0.2, 0) is 9.53 Å². The summed E-state index contributed by atoms with van der Waals surface area (Å²) in [6, 6.07) is 0. The van der Waals surface area contributed by atoms with Gasteiger partial charge in [0, 0.05) is 25.0 Å². The number of likely N-dealkylation sites (N-methyl/N-ethyl adjacent to an activating group) is 1. The Morgan fingerprint density at radius 2 is 2.21 bits per heavy atom. The third kappa shape index (κ3) is 2.86. The van der Waals surface area contributed by atoms with Crippen molar-refractivity contribution >= 4 is 28.3 Å². The maximum atomic E-state index is 11.7. The first-order valence-electron chi connectivity index (χ1n) is 6.16. The van der Waals surface area contributed by atoms with Gasteiger partial charge in [-0.05, 0) is 13.8 Å². The number of carbonyl (C=O) groups excluding carboxylic acids is 2. The van der Waals surface area contributed by atoms with Crippen molar-refractivity contribution in [3.8, 4) is 0 Å². The molecule has 0 radical (unpaired) electrons. The van der Waals surface area contributed by atoms with Crippen molar-refractivity contribution in [1.29, 1.82) is 0 Å². The first-order chi connectivity index (χ1) is 9.02. The number of ether oxygens (including phenoxy) is 1. The highest BCUT2D eigenvalue weighted by Gasteiger charge is 2.25. The van der Waals surface area contributed by atoms with E-state index in [0.29, 0.717) is 30.5 Å². The molecule has 0 N–H and O–H groups in total. The molecule has 0 saturated carbocycles. The van der Waals surface area contributed by atoms with Crippen molar-refractivity contribution in [3.63, 3.8) is 0 Å². The number of esters is 1. The van der Waals surface area contributed by atoms with Crippen molar-refractivity contribution in [2.75, 3.05) is 38.2 Å². The second kappa shape index (κ2) is 5.56. The number of rotatable bonds is 3. The largest absolute Gasteiger partial charge is 0.461 e. The van der Waals surface area contributed by atoms with Crippen molar-refractivity contribution in [1.82, 2.24) is 9.88 Å². The quantitative estimate of drug-likeness (QED) is 0.772. The molecular formula is C12H17N3O3S. The van der Waals surface area contributed by atoms with Crippen molar-refractivity contribution in [2.24, 2.45) is 0 Å². The van der Waals surface area contributed by atoms with Crippen LogP contribution in [0, 0.1) is 6.92 Å². The molecule has 1 amide bonds. The van der Waals surface area contributed by atoms with E-state index in [4.69, 9.17) is 4.74 Å². The van der Waals surface area contributed by atoms with Crippen LogP contribution in [0.1, 0.15) is 22.3 Å². The van der Waals surface area contributed by atoms with Crippen molar-refractivity contribution in [2.45, 2.75) is 13.8 Å². The van der Waals surface area contributed by atoms with E-state index in [1.165, 1.54) is 11.3 Å². The Morgan fingerprint density at radius 1 is 1.47 bits per heavy atom. The van der Waals surface area contributed by atoms with E-state index >= 15 is 0 Å². The maximum Gasteiger partial charge on any atom is 0.358 e. The lowest BCUT2D eigenvalue weighted by Gasteiger charge is -2.31. The monoisotopic (exact) mass is 283 g/mol. The molecule has 1 aliphatic heterocycles. The van der Waals surface area contributed by atoms with E-state index in [-0.39, 0.29) is 5.91 Å². The predicted octanol–water partition coefficient (Wildman–Crippen LogP) is 0.907. The lowest BCUT2D eigenvalue weighted by Crippen LogP contribution is -2.48. The summed E-state index contributed by atoms with van der Waals surface area (Å²) in [5.41, 5.74) is 0.355. The average molecular weight is 283 g/mol. The van der Waals surface area contributed by atoms with E-state index in [1.54, 1.807) is 18.9 Å². The third-order valence-electron chi connectivity index (χ3n) is 2.98. The normalized spacial score (nSPS) is 15.8. The van der Waals surface area contributed by atoms with Crippen LogP contribution in [-0.4, -0.2) is 55.0 Å². The molecule has 6 nitrogen and oxygen atoms in total. The molecule has 0 aromatic carbocycles. The molecule has 0 atom stereocenters. The summed E-state index contributed by atoms with van der Waals surface area (Å²) < 4.78 is 4.96. The van der Waals surface area contributed by atoms with Gasteiger partial charge in [-0.1, -0.05) is 0 Å². The predicted molar refractivity (Wildman–Crippen MR) is 72.7 cm³/mol. The minimum absolute atomic E-state index is 0.0665. The van der Waals surface area contributed by atoms with Gasteiger partial charge < -0.3 is 14.5 Å². The molecule has 2 rings (SSSR count). The Morgan fingerprint density at radius 3 is 2.84 bits per heavy atom. The van der Waals surface area contributed by atoms with Crippen LogP contribution in [0.5, 0.6) is 0 Å². The van der Waals surface area contributed by atoms with Crippen LogP contribution in [0.3, 0.4) is 0 Å². The molecule has 1 aromatic rings. The van der Waals surface area contributed by atoms with E-state index in [2.05, 4.69) is 4.98 Å². The molecule has 2 heterocycles. The van der Waals surface area contributed by atoms with Gasteiger partial charge >= 0.3 is 5.97 Å². The van der Waals surface area contributed by atoms with Crippen LogP contribution in [0.25, 0.3) is 0 Å². The summed E-state index contributed by atoms with van der Waals surface area (Å²) in [6.07, 6.45) is 0. The minimum Gasteiger partial charge on any atom is -0.461 e. The Kier molecular flexibility index (Phi) is 4.04. The number of carbonyl (C=O) groups is 2. The highest BCUT2D eigenvalue weighted by atomic mass is 32.1. The summed E-state index contributed by atoms with van der Waals surface area (Å²) in [7, 11) is 1.79. The van der Waals surface area contributed by atoms with E-state index < -0.39 is 5.97 Å². The lowest BCUT2D eigenvalue weighted by molar-refractivity contribution is -0.129. The fourth-order valence-electron chi connectivity index (χ4n) is 1.83. The van der Waals surface area contributed by atoms with Crippen LogP contribution in [0.15, 0.2) is 0 Å². The van der Waals surface area contributed by atoms with Crippen LogP contribution in [0.4, 0.5) is 5.13 Å². The highest BCUT2D eigenvalue weighted by Crippen LogP contribution is 2.27.